The molecule has 19 heavy (non-hydrogen) atoms. The largest absolute Gasteiger partial charge is 0.382 e. The van der Waals surface area contributed by atoms with Crippen LogP contribution < -0.4 is 5.32 Å². The van der Waals surface area contributed by atoms with Crippen molar-refractivity contribution in [1.29, 1.82) is 0 Å². The Morgan fingerprint density at radius 2 is 1.79 bits per heavy atom. The third-order valence-corrected chi connectivity index (χ3v) is 4.43. The molecule has 0 spiro atoms. The van der Waals surface area contributed by atoms with Crippen molar-refractivity contribution < 1.29 is 0 Å². The molecule has 0 amide bonds. The summed E-state index contributed by atoms with van der Waals surface area (Å²) in [5.41, 5.74) is 4.00. The molecule has 0 aliphatic carbocycles. The van der Waals surface area contributed by atoms with E-state index in [0.29, 0.717) is 6.04 Å². The number of nitrogens with one attached hydrogen (secondary N) is 1. The van der Waals surface area contributed by atoms with Crippen molar-refractivity contribution in [3.63, 3.8) is 0 Å². The van der Waals surface area contributed by atoms with Crippen molar-refractivity contribution in [3.05, 3.63) is 27.7 Å². The lowest BCUT2D eigenvalue weighted by molar-refractivity contribution is 0.219. The Morgan fingerprint density at radius 3 is 2.32 bits per heavy atom. The van der Waals surface area contributed by atoms with Crippen molar-refractivity contribution in [2.75, 3.05) is 25.0 Å². The fraction of sp³-hybridized carbons (Fsp3) is 0.625. The Bertz CT molecular complexity index is 400. The second-order valence-corrected chi connectivity index (χ2v) is 6.59. The molecule has 1 fully saturated rings. The summed E-state index contributed by atoms with van der Waals surface area (Å²) in [6.45, 7) is 10.4. The molecule has 0 radical (unpaired) electrons. The molecule has 1 aromatic carbocycles. The predicted octanol–water partition coefficient (Wildman–Crippen LogP) is 4.35. The second kappa shape index (κ2) is 6.76. The quantitative estimate of drug-likeness (QED) is 0.885. The summed E-state index contributed by atoms with van der Waals surface area (Å²) in [5, 5.41) is 3.76. The molecule has 0 atom stereocenters. The zero-order chi connectivity index (χ0) is 13.8. The molecule has 1 aliphatic rings. The van der Waals surface area contributed by atoms with E-state index < -0.39 is 0 Å². The summed E-state index contributed by atoms with van der Waals surface area (Å²) in [7, 11) is 0. The van der Waals surface area contributed by atoms with Gasteiger partial charge >= 0.3 is 0 Å². The normalized spacial score (nSPS) is 17.7. The van der Waals surface area contributed by atoms with Crippen LogP contribution in [0.4, 0.5) is 5.69 Å². The smallest absolute Gasteiger partial charge is 0.0402 e. The highest BCUT2D eigenvalue weighted by atomic mass is 79.9. The van der Waals surface area contributed by atoms with Gasteiger partial charge in [0.15, 0.2) is 0 Å². The molecular formula is C16H25BrN2. The predicted molar refractivity (Wildman–Crippen MR) is 87.0 cm³/mol. The molecular weight excluding hydrogens is 300 g/mol. The first kappa shape index (κ1) is 14.9. The lowest BCUT2D eigenvalue weighted by Gasteiger charge is -2.33. The summed E-state index contributed by atoms with van der Waals surface area (Å²) in [4.78, 5) is 2.58. The van der Waals surface area contributed by atoms with Crippen molar-refractivity contribution in [2.45, 2.75) is 46.1 Å². The number of hydrogen-bond acceptors (Lipinski definition) is 2. The molecule has 1 saturated heterocycles. The first-order valence-corrected chi connectivity index (χ1v) is 8.15. The maximum Gasteiger partial charge on any atom is 0.0402 e. The number of hydrogen-bond donors (Lipinski definition) is 1. The average Bonchev–Trinajstić information content (AvgIpc) is 2.36. The Labute approximate surface area is 125 Å². The summed E-state index contributed by atoms with van der Waals surface area (Å²) < 4.78 is 1.17. The lowest BCUT2D eigenvalue weighted by atomic mass is 10.0. The van der Waals surface area contributed by atoms with Gasteiger partial charge in [-0.1, -0.05) is 22.9 Å². The topological polar surface area (TPSA) is 15.3 Å². The van der Waals surface area contributed by atoms with E-state index in [9.17, 15) is 0 Å². The van der Waals surface area contributed by atoms with Crippen LogP contribution in [0.15, 0.2) is 16.6 Å². The van der Waals surface area contributed by atoms with E-state index >= 15 is 0 Å². The average molecular weight is 325 g/mol. The maximum atomic E-state index is 3.76. The summed E-state index contributed by atoms with van der Waals surface area (Å²) in [5.74, 6) is 0. The van der Waals surface area contributed by atoms with Crippen LogP contribution in [0.2, 0.25) is 0 Å². The highest BCUT2D eigenvalue weighted by Gasteiger charge is 2.19. The number of nitrogens with zero attached hydrogens (tertiary/aromatic N) is 1. The fourth-order valence-electron chi connectivity index (χ4n) is 2.96. The summed E-state index contributed by atoms with van der Waals surface area (Å²) >= 11 is 3.56. The summed E-state index contributed by atoms with van der Waals surface area (Å²) in [6, 6.07) is 5.02. The first-order chi connectivity index (χ1) is 9.10. The molecule has 1 N–H and O–H groups in total. The lowest BCUT2D eigenvalue weighted by Crippen LogP contribution is -2.39. The molecule has 1 aliphatic heterocycles. The standard InChI is InChI=1S/C16H25BrN2/c1-4-7-19-8-5-15(6-9-19)18-16-12(2)10-14(17)11-13(16)3/h10-11,15,18H,4-9H2,1-3H3. The minimum Gasteiger partial charge on any atom is -0.382 e. The van der Waals surface area contributed by atoms with Gasteiger partial charge in [-0.15, -0.1) is 0 Å². The maximum absolute atomic E-state index is 3.76. The van der Waals surface area contributed by atoms with Gasteiger partial charge in [0, 0.05) is 29.3 Å². The number of benzene rings is 1. The van der Waals surface area contributed by atoms with Crippen LogP contribution in [-0.2, 0) is 0 Å². The van der Waals surface area contributed by atoms with E-state index in [1.807, 2.05) is 0 Å². The van der Waals surface area contributed by atoms with E-state index in [-0.39, 0.29) is 0 Å². The van der Waals surface area contributed by atoms with Crippen LogP contribution in [-0.4, -0.2) is 30.6 Å². The zero-order valence-corrected chi connectivity index (χ0v) is 13.9. The number of piperidine rings is 1. The van der Waals surface area contributed by atoms with Crippen LogP contribution in [0.3, 0.4) is 0 Å². The number of aryl methyl sites for hydroxylation is 2. The van der Waals surface area contributed by atoms with Crippen LogP contribution >= 0.6 is 15.9 Å². The van der Waals surface area contributed by atoms with E-state index in [2.05, 4.69) is 59.1 Å². The fourth-order valence-corrected chi connectivity index (χ4v) is 3.65. The number of likely N-dealkylation sites (tertiary alicyclic amines) is 1. The molecule has 1 aromatic rings. The van der Waals surface area contributed by atoms with Crippen LogP contribution in [0.5, 0.6) is 0 Å². The molecule has 2 rings (SSSR count). The Hall–Kier alpha value is -0.540. The van der Waals surface area contributed by atoms with Crippen LogP contribution in [0, 0.1) is 13.8 Å². The van der Waals surface area contributed by atoms with Gasteiger partial charge in [0.25, 0.3) is 0 Å². The third kappa shape index (κ3) is 3.96. The number of halogens is 1. The van der Waals surface area contributed by atoms with Crippen LogP contribution in [0.1, 0.15) is 37.3 Å². The number of anilines is 1. The van der Waals surface area contributed by atoms with E-state index in [4.69, 9.17) is 0 Å². The van der Waals surface area contributed by atoms with E-state index in [1.165, 1.54) is 60.2 Å². The Balaban J connectivity index is 1.96. The van der Waals surface area contributed by atoms with Crippen molar-refractivity contribution in [3.8, 4) is 0 Å². The SMILES string of the molecule is CCCN1CCC(Nc2c(C)cc(Br)cc2C)CC1. The molecule has 0 saturated carbocycles. The van der Waals surface area contributed by atoms with Gasteiger partial charge in [0.2, 0.25) is 0 Å². The molecule has 0 unspecified atom stereocenters. The van der Waals surface area contributed by atoms with Gasteiger partial charge in [-0.05, 0) is 62.9 Å². The second-order valence-electron chi connectivity index (χ2n) is 5.67. The molecule has 106 valence electrons. The molecule has 0 aromatic heterocycles. The first-order valence-electron chi connectivity index (χ1n) is 7.35. The van der Waals surface area contributed by atoms with Gasteiger partial charge in [-0.2, -0.15) is 0 Å². The highest BCUT2D eigenvalue weighted by molar-refractivity contribution is 9.10. The molecule has 2 nitrogen and oxygen atoms in total. The van der Waals surface area contributed by atoms with Gasteiger partial charge in [0.1, 0.15) is 0 Å². The molecule has 3 heteroatoms. The van der Waals surface area contributed by atoms with Gasteiger partial charge in [-0.25, -0.2) is 0 Å². The zero-order valence-electron chi connectivity index (χ0n) is 12.3. The Morgan fingerprint density at radius 1 is 1.21 bits per heavy atom. The third-order valence-electron chi connectivity index (χ3n) is 3.97. The van der Waals surface area contributed by atoms with Gasteiger partial charge in [0.05, 0.1) is 0 Å². The monoisotopic (exact) mass is 324 g/mol. The van der Waals surface area contributed by atoms with E-state index in [0.717, 1.165) is 0 Å². The van der Waals surface area contributed by atoms with Crippen molar-refractivity contribution >= 4 is 21.6 Å². The Kier molecular flexibility index (Phi) is 5.28. The molecule has 1 heterocycles. The number of rotatable bonds is 4. The van der Waals surface area contributed by atoms with Crippen LogP contribution in [0.25, 0.3) is 0 Å². The van der Waals surface area contributed by atoms with Gasteiger partial charge < -0.3 is 10.2 Å². The van der Waals surface area contributed by atoms with Crippen molar-refractivity contribution in [1.82, 2.24) is 4.90 Å². The molecule has 0 bridgehead atoms. The summed E-state index contributed by atoms with van der Waals surface area (Å²) in [6.07, 6.45) is 3.78. The van der Waals surface area contributed by atoms with Gasteiger partial charge in [-0.3, -0.25) is 0 Å². The minimum absolute atomic E-state index is 0.631. The van der Waals surface area contributed by atoms with E-state index in [1.54, 1.807) is 0 Å². The highest BCUT2D eigenvalue weighted by Crippen LogP contribution is 2.27. The minimum atomic E-state index is 0.631. The van der Waals surface area contributed by atoms with Crippen molar-refractivity contribution in [2.24, 2.45) is 0 Å².